The highest BCUT2D eigenvalue weighted by Crippen LogP contribution is 2.29. The molecule has 0 aromatic carbocycles. The van der Waals surface area contributed by atoms with Crippen molar-refractivity contribution in [1.29, 1.82) is 0 Å². The lowest BCUT2D eigenvalue weighted by Gasteiger charge is -2.40. The van der Waals surface area contributed by atoms with Crippen LogP contribution in [0.2, 0.25) is 0 Å². The fraction of sp³-hybridized carbons (Fsp3) is 0.545. The molecule has 7 N–H and O–H groups in total. The summed E-state index contributed by atoms with van der Waals surface area (Å²) < 4.78 is 6.59. The highest BCUT2D eigenvalue weighted by molar-refractivity contribution is 5.70. The van der Waals surface area contributed by atoms with Crippen molar-refractivity contribution in [1.82, 2.24) is 19.5 Å². The number of rotatable bonds is 2. The number of aliphatic hydroxyl groups is 4. The molecule has 0 radical (unpaired) electrons. The van der Waals surface area contributed by atoms with Gasteiger partial charge in [0.05, 0.1) is 12.9 Å². The summed E-state index contributed by atoms with van der Waals surface area (Å²) in [5, 5.41) is 38.8. The van der Waals surface area contributed by atoms with Gasteiger partial charge >= 0.3 is 0 Å². The minimum atomic E-state index is -1.55. The van der Waals surface area contributed by atoms with E-state index in [1.807, 2.05) is 0 Å². The zero-order valence-electron chi connectivity index (χ0n) is 11.2. The molecular formula is C11H15N5O6. The van der Waals surface area contributed by atoms with Crippen molar-refractivity contribution >= 4 is 17.1 Å². The van der Waals surface area contributed by atoms with E-state index in [4.69, 9.17) is 10.5 Å². The van der Waals surface area contributed by atoms with Crippen LogP contribution >= 0.6 is 0 Å². The number of aromatic nitrogens is 4. The Bertz CT molecular complexity index is 742. The molecule has 3 heterocycles. The van der Waals surface area contributed by atoms with Crippen LogP contribution in [0.3, 0.4) is 0 Å². The van der Waals surface area contributed by atoms with Crippen LogP contribution in [-0.2, 0) is 4.74 Å². The summed E-state index contributed by atoms with van der Waals surface area (Å²) in [6.45, 7) is -0.565. The topological polar surface area (TPSA) is 180 Å². The molecule has 0 saturated carbocycles. The molecule has 0 unspecified atom stereocenters. The molecule has 120 valence electrons. The summed E-state index contributed by atoms with van der Waals surface area (Å²) in [5.41, 5.74) is 4.94. The number of hydrogen-bond donors (Lipinski definition) is 6. The van der Waals surface area contributed by atoms with Gasteiger partial charge in [0.2, 0.25) is 5.95 Å². The first-order chi connectivity index (χ1) is 10.4. The Morgan fingerprint density at radius 2 is 2.05 bits per heavy atom. The number of nitrogens with one attached hydrogen (secondary N) is 1. The second-order valence-electron chi connectivity index (χ2n) is 4.99. The van der Waals surface area contributed by atoms with Gasteiger partial charge in [-0.3, -0.25) is 14.3 Å². The molecular weight excluding hydrogens is 298 g/mol. The first kappa shape index (κ1) is 14.9. The Hall–Kier alpha value is -2.05. The van der Waals surface area contributed by atoms with Gasteiger partial charge in [-0.2, -0.15) is 4.98 Å². The van der Waals surface area contributed by atoms with Gasteiger partial charge < -0.3 is 30.9 Å². The first-order valence-corrected chi connectivity index (χ1v) is 6.47. The summed E-state index contributed by atoms with van der Waals surface area (Å²) in [6, 6.07) is 0. The zero-order chi connectivity index (χ0) is 16.0. The smallest absolute Gasteiger partial charge is 0.280 e. The number of aromatic amines is 1. The van der Waals surface area contributed by atoms with Crippen LogP contribution in [0.5, 0.6) is 0 Å². The van der Waals surface area contributed by atoms with Crippen molar-refractivity contribution in [3.8, 4) is 0 Å². The number of nitrogen functional groups attached to an aromatic ring is 1. The molecule has 2 aromatic heterocycles. The third-order valence-corrected chi connectivity index (χ3v) is 3.59. The first-order valence-electron chi connectivity index (χ1n) is 6.47. The number of hydrogen-bond acceptors (Lipinski definition) is 9. The van der Waals surface area contributed by atoms with Crippen LogP contribution in [0.25, 0.3) is 11.2 Å². The number of anilines is 1. The van der Waals surface area contributed by atoms with Crippen LogP contribution < -0.4 is 11.3 Å². The number of fused-ring (bicyclic) bond motifs is 1. The molecule has 0 aliphatic carbocycles. The van der Waals surface area contributed by atoms with Gasteiger partial charge in [-0.15, -0.1) is 0 Å². The monoisotopic (exact) mass is 313 g/mol. The Kier molecular flexibility index (Phi) is 3.58. The maximum atomic E-state index is 11.7. The summed E-state index contributed by atoms with van der Waals surface area (Å²) >= 11 is 0. The predicted molar refractivity (Wildman–Crippen MR) is 71.6 cm³/mol. The average Bonchev–Trinajstić information content (AvgIpc) is 2.89. The SMILES string of the molecule is Nc1nc2c(ncn2[C@@H]2O[C@H](CO)[C@@H](O)[C@@H](O)[C@H]2O)c(=O)[nH]1. The number of imidazole rings is 1. The molecule has 0 spiro atoms. The molecule has 0 amide bonds. The van der Waals surface area contributed by atoms with E-state index in [1.54, 1.807) is 0 Å². The van der Waals surface area contributed by atoms with Crippen molar-refractivity contribution in [2.75, 3.05) is 12.3 Å². The average molecular weight is 313 g/mol. The van der Waals surface area contributed by atoms with E-state index in [1.165, 1.54) is 10.9 Å². The standard InChI is InChI=1S/C11H15N5O6/c12-11-14-8-4(9(21)15-11)13-2-16(8)10-7(20)6(19)5(18)3(1-17)22-10/h2-3,5-7,10,17-20H,1H2,(H3,12,14,15,21)/t3-,5-,6-,7-,10-/m1/s1. The third-order valence-electron chi connectivity index (χ3n) is 3.59. The molecule has 11 heteroatoms. The van der Waals surface area contributed by atoms with Crippen molar-refractivity contribution in [3.63, 3.8) is 0 Å². The Morgan fingerprint density at radius 1 is 1.32 bits per heavy atom. The maximum Gasteiger partial charge on any atom is 0.280 e. The lowest BCUT2D eigenvalue weighted by molar-refractivity contribution is -0.250. The van der Waals surface area contributed by atoms with Gasteiger partial charge in [0.15, 0.2) is 17.4 Å². The molecule has 22 heavy (non-hydrogen) atoms. The molecule has 1 aliphatic heterocycles. The highest BCUT2D eigenvalue weighted by Gasteiger charge is 2.44. The number of ether oxygens (including phenoxy) is 1. The second-order valence-corrected chi connectivity index (χ2v) is 4.99. The predicted octanol–water partition coefficient (Wildman–Crippen LogP) is -3.33. The van der Waals surface area contributed by atoms with Gasteiger partial charge in [0.25, 0.3) is 5.56 Å². The van der Waals surface area contributed by atoms with Gasteiger partial charge in [-0.25, -0.2) is 4.98 Å². The van der Waals surface area contributed by atoms with Crippen LogP contribution in [0, 0.1) is 0 Å². The van der Waals surface area contributed by atoms with Gasteiger partial charge in [0.1, 0.15) is 24.4 Å². The van der Waals surface area contributed by atoms with E-state index in [9.17, 15) is 25.2 Å². The molecule has 1 aliphatic rings. The lowest BCUT2D eigenvalue weighted by Crippen LogP contribution is -2.56. The fourth-order valence-electron chi connectivity index (χ4n) is 2.44. The lowest BCUT2D eigenvalue weighted by atomic mass is 9.98. The van der Waals surface area contributed by atoms with Crippen molar-refractivity contribution in [3.05, 3.63) is 16.7 Å². The van der Waals surface area contributed by atoms with E-state index in [2.05, 4.69) is 15.0 Å². The molecule has 2 aromatic rings. The minimum absolute atomic E-state index is 0.0221. The second kappa shape index (κ2) is 5.30. The number of nitrogens with two attached hydrogens (primary N) is 1. The third kappa shape index (κ3) is 2.15. The largest absolute Gasteiger partial charge is 0.394 e. The minimum Gasteiger partial charge on any atom is -0.394 e. The molecule has 11 nitrogen and oxygen atoms in total. The van der Waals surface area contributed by atoms with Gasteiger partial charge in [-0.05, 0) is 0 Å². The summed E-state index contributed by atoms with van der Waals surface area (Å²) in [6.07, 6.45) is -5.63. The number of aliphatic hydroxyl groups excluding tert-OH is 4. The summed E-state index contributed by atoms with van der Waals surface area (Å²) in [4.78, 5) is 21.8. The molecule has 1 saturated heterocycles. The van der Waals surface area contributed by atoms with Crippen molar-refractivity contribution in [2.45, 2.75) is 30.6 Å². The van der Waals surface area contributed by atoms with E-state index in [0.29, 0.717) is 0 Å². The molecule has 5 atom stereocenters. The van der Waals surface area contributed by atoms with E-state index in [0.717, 1.165) is 0 Å². The Labute approximate surface area is 122 Å². The van der Waals surface area contributed by atoms with Crippen molar-refractivity contribution in [2.24, 2.45) is 0 Å². The van der Waals surface area contributed by atoms with Crippen LogP contribution in [0.4, 0.5) is 5.95 Å². The molecule has 0 bridgehead atoms. The molecule has 1 fully saturated rings. The zero-order valence-corrected chi connectivity index (χ0v) is 11.2. The maximum absolute atomic E-state index is 11.7. The molecule has 3 rings (SSSR count). The van der Waals surface area contributed by atoms with E-state index >= 15 is 0 Å². The van der Waals surface area contributed by atoms with E-state index in [-0.39, 0.29) is 17.1 Å². The quantitative estimate of drug-likeness (QED) is 0.330. The van der Waals surface area contributed by atoms with Gasteiger partial charge in [0, 0.05) is 0 Å². The fourth-order valence-corrected chi connectivity index (χ4v) is 2.44. The summed E-state index contributed by atoms with van der Waals surface area (Å²) in [5.74, 6) is -0.149. The Balaban J connectivity index is 2.08. The van der Waals surface area contributed by atoms with Crippen molar-refractivity contribution < 1.29 is 25.2 Å². The normalized spacial score (nSPS) is 32.5. The van der Waals surface area contributed by atoms with Crippen LogP contribution in [0.1, 0.15) is 6.23 Å². The Morgan fingerprint density at radius 3 is 2.73 bits per heavy atom. The van der Waals surface area contributed by atoms with Gasteiger partial charge in [-0.1, -0.05) is 0 Å². The van der Waals surface area contributed by atoms with E-state index < -0.39 is 42.8 Å². The number of H-pyrrole nitrogens is 1. The van der Waals surface area contributed by atoms with Crippen LogP contribution in [0.15, 0.2) is 11.1 Å². The highest BCUT2D eigenvalue weighted by atomic mass is 16.6. The number of nitrogens with zero attached hydrogens (tertiary/aromatic N) is 3. The summed E-state index contributed by atoms with van der Waals surface area (Å²) in [7, 11) is 0. The van der Waals surface area contributed by atoms with Crippen LogP contribution in [-0.4, -0.2) is 71.0 Å².